The number of nitrogens with one attached hydrogen (secondary N) is 3. The van der Waals surface area contributed by atoms with Crippen LogP contribution in [0.15, 0.2) is 91.3 Å². The van der Waals surface area contributed by atoms with Crippen molar-refractivity contribution in [1.29, 1.82) is 5.26 Å². The fraction of sp³-hybridized carbons (Fsp3) is 0.222. The molecule has 1 fully saturated rings. The number of aliphatic carboxylic acids is 1. The fourth-order valence-corrected chi connectivity index (χ4v) is 5.54. The number of nitrogens with zero attached hydrogens (tertiary/aromatic N) is 4. The monoisotopic (exact) mass is 645 g/mol. The van der Waals surface area contributed by atoms with Gasteiger partial charge < -0.3 is 30.9 Å². The predicted molar refractivity (Wildman–Crippen MR) is 181 cm³/mol. The van der Waals surface area contributed by atoms with Gasteiger partial charge in [0.15, 0.2) is 0 Å². The second kappa shape index (κ2) is 15.4. The van der Waals surface area contributed by atoms with E-state index in [4.69, 9.17) is 5.26 Å². The van der Waals surface area contributed by atoms with Crippen LogP contribution in [0.5, 0.6) is 0 Å². The molecular formula is C36H35N7O5. The molecule has 0 bridgehead atoms. The normalized spacial score (nSPS) is 13.4. The van der Waals surface area contributed by atoms with E-state index in [0.29, 0.717) is 66.4 Å². The second-order valence-corrected chi connectivity index (χ2v) is 11.4. The number of carbonyl (C=O) groups is 4. The minimum Gasteiger partial charge on any atom is -0.481 e. The number of pyridine rings is 1. The van der Waals surface area contributed by atoms with Gasteiger partial charge in [0.1, 0.15) is 0 Å². The van der Waals surface area contributed by atoms with Gasteiger partial charge in [-0.15, -0.1) is 0 Å². The third kappa shape index (κ3) is 8.52. The molecule has 3 aromatic carbocycles. The Hall–Kier alpha value is -6.22. The lowest BCUT2D eigenvalue weighted by Gasteiger charge is -2.27. The molecule has 4 N–H and O–H groups in total. The molecule has 4 amide bonds. The summed E-state index contributed by atoms with van der Waals surface area (Å²) in [6.45, 7) is 3.90. The Kier molecular flexibility index (Phi) is 10.6. The lowest BCUT2D eigenvalue weighted by atomic mass is 10.0. The topological polar surface area (TPSA) is 168 Å². The number of hydrogen-bond donors (Lipinski definition) is 4. The van der Waals surface area contributed by atoms with Crippen LogP contribution >= 0.6 is 0 Å². The molecular weight excluding hydrogens is 610 g/mol. The van der Waals surface area contributed by atoms with Crippen LogP contribution in [0.25, 0.3) is 0 Å². The standard InChI is InChI=1S/C36H35N7O5/c1-24-5-2-7-29(19-24)39-36(48)41-31-20-27(34(46)40-30(21-33(44)45)28-6-3-14-38-23-28)12-13-32(31)42-15-4-16-43(18-17-42)35(47)26-10-8-25(22-37)9-11-26/h2-3,5-14,19-20,23,30H,4,15-18,21H2,1H3,(H,40,46)(H,44,45)(H2,39,41,48). The molecule has 1 atom stereocenters. The number of hydrogen-bond acceptors (Lipinski definition) is 7. The van der Waals surface area contributed by atoms with E-state index < -0.39 is 23.9 Å². The van der Waals surface area contributed by atoms with Crippen molar-refractivity contribution in [3.8, 4) is 6.07 Å². The van der Waals surface area contributed by atoms with Crippen LogP contribution < -0.4 is 20.9 Å². The minimum absolute atomic E-state index is 0.131. The average molecular weight is 646 g/mol. The maximum absolute atomic E-state index is 13.5. The summed E-state index contributed by atoms with van der Waals surface area (Å²) in [4.78, 5) is 59.4. The van der Waals surface area contributed by atoms with Gasteiger partial charge in [-0.1, -0.05) is 18.2 Å². The smallest absolute Gasteiger partial charge is 0.323 e. The summed E-state index contributed by atoms with van der Waals surface area (Å²) in [6.07, 6.45) is 3.38. The predicted octanol–water partition coefficient (Wildman–Crippen LogP) is 5.20. The summed E-state index contributed by atoms with van der Waals surface area (Å²) in [5.41, 5.74) is 4.35. The first kappa shape index (κ1) is 33.2. The highest BCUT2D eigenvalue weighted by Crippen LogP contribution is 2.30. The van der Waals surface area contributed by atoms with E-state index >= 15 is 0 Å². The Labute approximate surface area is 278 Å². The molecule has 0 aliphatic carbocycles. The van der Waals surface area contributed by atoms with Crippen LogP contribution in [0.4, 0.5) is 21.9 Å². The first-order valence-corrected chi connectivity index (χ1v) is 15.5. The maximum Gasteiger partial charge on any atom is 0.323 e. The van der Waals surface area contributed by atoms with E-state index in [0.717, 1.165) is 5.56 Å². The van der Waals surface area contributed by atoms with Crippen LogP contribution in [-0.4, -0.2) is 65.0 Å². The molecule has 1 aliphatic heterocycles. The summed E-state index contributed by atoms with van der Waals surface area (Å²) >= 11 is 0. The minimum atomic E-state index is -1.08. The molecule has 1 aliphatic rings. The number of nitriles is 1. The number of amides is 4. The molecule has 244 valence electrons. The molecule has 4 aromatic rings. The number of carbonyl (C=O) groups excluding carboxylic acids is 3. The lowest BCUT2D eigenvalue weighted by molar-refractivity contribution is -0.137. The second-order valence-electron chi connectivity index (χ2n) is 11.4. The molecule has 2 heterocycles. The lowest BCUT2D eigenvalue weighted by Crippen LogP contribution is -2.35. The summed E-state index contributed by atoms with van der Waals surface area (Å²) in [6, 6.07) is 22.9. The van der Waals surface area contributed by atoms with Gasteiger partial charge in [-0.25, -0.2) is 4.79 Å². The molecule has 0 saturated carbocycles. The molecule has 0 spiro atoms. The van der Waals surface area contributed by atoms with Crippen LogP contribution in [0.3, 0.4) is 0 Å². The Morgan fingerprint density at radius 1 is 0.917 bits per heavy atom. The van der Waals surface area contributed by atoms with Gasteiger partial charge in [0.05, 0.1) is 35.5 Å². The van der Waals surface area contributed by atoms with Crippen molar-refractivity contribution < 1.29 is 24.3 Å². The largest absolute Gasteiger partial charge is 0.481 e. The fourth-order valence-electron chi connectivity index (χ4n) is 5.54. The number of urea groups is 1. The number of anilines is 3. The van der Waals surface area contributed by atoms with E-state index in [9.17, 15) is 24.3 Å². The average Bonchev–Trinajstić information content (AvgIpc) is 3.34. The van der Waals surface area contributed by atoms with Gasteiger partial charge in [-0.2, -0.15) is 5.26 Å². The van der Waals surface area contributed by atoms with Crippen molar-refractivity contribution in [1.82, 2.24) is 15.2 Å². The highest BCUT2D eigenvalue weighted by atomic mass is 16.4. The van der Waals surface area contributed by atoms with Crippen molar-refractivity contribution in [3.05, 3.63) is 119 Å². The Morgan fingerprint density at radius 2 is 1.71 bits per heavy atom. The third-order valence-electron chi connectivity index (χ3n) is 7.94. The number of carboxylic acid groups (broad SMARTS) is 1. The first-order chi connectivity index (χ1) is 23.2. The third-order valence-corrected chi connectivity index (χ3v) is 7.94. The molecule has 12 nitrogen and oxygen atoms in total. The first-order valence-electron chi connectivity index (χ1n) is 15.5. The Bertz CT molecular complexity index is 1840. The highest BCUT2D eigenvalue weighted by molar-refractivity contribution is 6.04. The zero-order chi connectivity index (χ0) is 34.0. The van der Waals surface area contributed by atoms with E-state index in [-0.39, 0.29) is 17.9 Å². The van der Waals surface area contributed by atoms with Crippen LogP contribution in [0.2, 0.25) is 0 Å². The summed E-state index contributed by atoms with van der Waals surface area (Å²) < 4.78 is 0. The van der Waals surface area contributed by atoms with Gasteiger partial charge in [0, 0.05) is 55.4 Å². The number of benzene rings is 3. The van der Waals surface area contributed by atoms with Crippen molar-refractivity contribution in [2.24, 2.45) is 0 Å². The molecule has 0 radical (unpaired) electrons. The SMILES string of the molecule is Cc1cccc(NC(=O)Nc2cc(C(=O)NC(CC(=O)O)c3cccnc3)ccc2N2CCCN(C(=O)c3ccc(C#N)cc3)CC2)c1. The molecule has 48 heavy (non-hydrogen) atoms. The molecule has 12 heteroatoms. The van der Waals surface area contributed by atoms with Gasteiger partial charge in [-0.3, -0.25) is 19.4 Å². The van der Waals surface area contributed by atoms with Gasteiger partial charge in [0.25, 0.3) is 11.8 Å². The zero-order valence-corrected chi connectivity index (χ0v) is 26.3. The highest BCUT2D eigenvalue weighted by Gasteiger charge is 2.24. The van der Waals surface area contributed by atoms with Gasteiger partial charge in [0.2, 0.25) is 0 Å². The van der Waals surface area contributed by atoms with Crippen molar-refractivity contribution >= 4 is 40.9 Å². The van der Waals surface area contributed by atoms with E-state index in [2.05, 4.69) is 31.9 Å². The van der Waals surface area contributed by atoms with E-state index in [1.54, 1.807) is 71.8 Å². The molecule has 5 rings (SSSR count). The number of aryl methyl sites for hydroxylation is 1. The van der Waals surface area contributed by atoms with Gasteiger partial charge in [-0.05, 0) is 85.1 Å². The maximum atomic E-state index is 13.5. The Morgan fingerprint density at radius 3 is 2.42 bits per heavy atom. The summed E-state index contributed by atoms with van der Waals surface area (Å²) in [5, 5.41) is 27.1. The van der Waals surface area contributed by atoms with Crippen molar-refractivity contribution in [2.45, 2.75) is 25.8 Å². The van der Waals surface area contributed by atoms with Crippen molar-refractivity contribution in [3.63, 3.8) is 0 Å². The van der Waals surface area contributed by atoms with E-state index in [1.807, 2.05) is 25.1 Å². The molecule has 1 unspecified atom stereocenters. The summed E-state index contributed by atoms with van der Waals surface area (Å²) in [5.74, 6) is -1.73. The van der Waals surface area contributed by atoms with Crippen LogP contribution in [0, 0.1) is 18.3 Å². The molecule has 1 saturated heterocycles. The number of carboxylic acids is 1. The van der Waals surface area contributed by atoms with E-state index in [1.165, 1.54) is 6.20 Å². The number of rotatable bonds is 9. The zero-order valence-electron chi connectivity index (χ0n) is 26.3. The molecule has 1 aromatic heterocycles. The van der Waals surface area contributed by atoms with Crippen molar-refractivity contribution in [2.75, 3.05) is 41.7 Å². The van der Waals surface area contributed by atoms with Gasteiger partial charge >= 0.3 is 12.0 Å². The number of aromatic nitrogens is 1. The Balaban J connectivity index is 1.38. The summed E-state index contributed by atoms with van der Waals surface area (Å²) in [7, 11) is 0. The van der Waals surface area contributed by atoms with Crippen LogP contribution in [0.1, 0.15) is 56.3 Å². The quantitative estimate of drug-likeness (QED) is 0.193. The van der Waals surface area contributed by atoms with Crippen LogP contribution in [-0.2, 0) is 4.79 Å².